The molecule has 1 saturated carbocycles. The number of carboxylic acids is 1. The van der Waals surface area contributed by atoms with Crippen LogP contribution in [0, 0.1) is 5.92 Å². The number of nitrogens with one attached hydrogen (secondary N) is 1. The van der Waals surface area contributed by atoms with Crippen LogP contribution in [-0.4, -0.2) is 23.0 Å². The van der Waals surface area contributed by atoms with Crippen LogP contribution in [0.15, 0.2) is 28.7 Å². The summed E-state index contributed by atoms with van der Waals surface area (Å²) in [5.41, 5.74) is 0.575. The molecule has 1 aliphatic rings. The van der Waals surface area contributed by atoms with Crippen LogP contribution in [0.5, 0.6) is 0 Å². The van der Waals surface area contributed by atoms with Crippen molar-refractivity contribution in [2.45, 2.75) is 25.3 Å². The largest absolute Gasteiger partial charge is 0.481 e. The molecular formula is C15H14ClNO4. The number of halogens is 1. The first-order valence-corrected chi connectivity index (χ1v) is 7.15. The lowest BCUT2D eigenvalue weighted by Gasteiger charge is -2.16. The number of benzene rings is 1. The molecule has 1 aromatic carbocycles. The molecule has 1 aliphatic carbocycles. The molecule has 6 heteroatoms. The highest BCUT2D eigenvalue weighted by Crippen LogP contribution is 2.27. The maximum absolute atomic E-state index is 12.2. The van der Waals surface area contributed by atoms with E-state index in [1.807, 2.05) is 0 Å². The molecule has 2 N–H and O–H groups in total. The molecule has 0 saturated heterocycles. The number of rotatable bonds is 3. The van der Waals surface area contributed by atoms with Crippen molar-refractivity contribution in [1.82, 2.24) is 5.32 Å². The Balaban J connectivity index is 1.79. The van der Waals surface area contributed by atoms with Crippen molar-refractivity contribution >= 4 is 34.4 Å². The first kappa shape index (κ1) is 13.9. The summed E-state index contributed by atoms with van der Waals surface area (Å²) in [4.78, 5) is 23.3. The standard InChI is InChI=1S/C15H14ClNO4/c16-9-4-5-12-8(6-9)7-13(21-12)14(18)17-11-3-1-2-10(11)15(19)20/h4-7,10-11H,1-3H2,(H,17,18)(H,19,20)/t10-,11+/m1/s1. The Morgan fingerprint density at radius 2 is 2.10 bits per heavy atom. The average Bonchev–Trinajstić information content (AvgIpc) is 3.04. The highest BCUT2D eigenvalue weighted by atomic mass is 35.5. The summed E-state index contributed by atoms with van der Waals surface area (Å²) in [6.07, 6.45) is 2.07. The minimum Gasteiger partial charge on any atom is -0.481 e. The predicted molar refractivity (Wildman–Crippen MR) is 77.5 cm³/mol. The van der Waals surface area contributed by atoms with Crippen molar-refractivity contribution in [1.29, 1.82) is 0 Å². The van der Waals surface area contributed by atoms with Crippen LogP contribution in [-0.2, 0) is 4.79 Å². The Morgan fingerprint density at radius 1 is 1.29 bits per heavy atom. The number of amides is 1. The zero-order chi connectivity index (χ0) is 15.0. The number of hydrogen-bond acceptors (Lipinski definition) is 3. The molecule has 1 aromatic heterocycles. The summed E-state index contributed by atoms with van der Waals surface area (Å²) < 4.78 is 5.47. The van der Waals surface area contributed by atoms with Gasteiger partial charge in [0.15, 0.2) is 5.76 Å². The molecule has 1 fully saturated rings. The molecule has 2 atom stereocenters. The number of hydrogen-bond donors (Lipinski definition) is 2. The molecule has 3 rings (SSSR count). The molecule has 5 nitrogen and oxygen atoms in total. The van der Waals surface area contributed by atoms with Crippen molar-refractivity contribution in [2.75, 3.05) is 0 Å². The molecule has 110 valence electrons. The molecular weight excluding hydrogens is 294 g/mol. The van der Waals surface area contributed by atoms with Gasteiger partial charge in [0.2, 0.25) is 0 Å². The smallest absolute Gasteiger partial charge is 0.308 e. The second kappa shape index (κ2) is 5.41. The Labute approximate surface area is 125 Å². The van der Waals surface area contributed by atoms with E-state index in [0.717, 1.165) is 11.8 Å². The quantitative estimate of drug-likeness (QED) is 0.913. The van der Waals surface area contributed by atoms with E-state index in [1.165, 1.54) is 0 Å². The van der Waals surface area contributed by atoms with Crippen LogP contribution >= 0.6 is 11.6 Å². The second-order valence-electron chi connectivity index (χ2n) is 5.25. The summed E-state index contributed by atoms with van der Waals surface area (Å²) in [5.74, 6) is -1.61. The summed E-state index contributed by atoms with van der Waals surface area (Å²) in [6, 6.07) is 6.37. The number of furan rings is 1. The van der Waals surface area contributed by atoms with Gasteiger partial charge in [-0.05, 0) is 37.1 Å². The molecule has 1 amide bonds. The third kappa shape index (κ3) is 2.74. The number of carbonyl (C=O) groups is 2. The van der Waals surface area contributed by atoms with E-state index in [9.17, 15) is 9.59 Å². The van der Waals surface area contributed by atoms with E-state index in [1.54, 1.807) is 24.3 Å². The fourth-order valence-electron chi connectivity index (χ4n) is 2.79. The number of aliphatic carboxylic acids is 1. The summed E-state index contributed by atoms with van der Waals surface area (Å²) >= 11 is 5.89. The average molecular weight is 308 g/mol. The van der Waals surface area contributed by atoms with Gasteiger partial charge in [0.1, 0.15) is 5.58 Å². The first-order valence-electron chi connectivity index (χ1n) is 6.77. The molecule has 0 spiro atoms. The first-order chi connectivity index (χ1) is 10.0. The van der Waals surface area contributed by atoms with E-state index < -0.39 is 11.9 Å². The van der Waals surface area contributed by atoms with Crippen LogP contribution < -0.4 is 5.32 Å². The van der Waals surface area contributed by atoms with Crippen molar-refractivity contribution in [3.8, 4) is 0 Å². The second-order valence-corrected chi connectivity index (χ2v) is 5.68. The molecule has 0 unspecified atom stereocenters. The number of carbonyl (C=O) groups excluding carboxylic acids is 1. The van der Waals surface area contributed by atoms with Crippen LogP contribution in [0.2, 0.25) is 5.02 Å². The highest BCUT2D eigenvalue weighted by molar-refractivity contribution is 6.31. The zero-order valence-electron chi connectivity index (χ0n) is 11.1. The van der Waals surface area contributed by atoms with Gasteiger partial charge >= 0.3 is 5.97 Å². The number of carboxylic acid groups (broad SMARTS) is 1. The van der Waals surface area contributed by atoms with Gasteiger partial charge in [-0.25, -0.2) is 0 Å². The normalized spacial score (nSPS) is 21.6. The van der Waals surface area contributed by atoms with E-state index in [0.29, 0.717) is 23.4 Å². The summed E-state index contributed by atoms with van der Waals surface area (Å²) in [7, 11) is 0. The van der Waals surface area contributed by atoms with Crippen molar-refractivity contribution in [3.63, 3.8) is 0 Å². The zero-order valence-corrected chi connectivity index (χ0v) is 11.9. The van der Waals surface area contributed by atoms with E-state index in [4.69, 9.17) is 21.1 Å². The fraction of sp³-hybridized carbons (Fsp3) is 0.333. The molecule has 2 aromatic rings. The Bertz CT molecular complexity index is 709. The maximum atomic E-state index is 12.2. The molecule has 0 bridgehead atoms. The van der Waals surface area contributed by atoms with E-state index in [-0.39, 0.29) is 17.7 Å². The van der Waals surface area contributed by atoms with Gasteiger partial charge in [0.25, 0.3) is 5.91 Å². The molecule has 0 aliphatic heterocycles. The fourth-order valence-corrected chi connectivity index (χ4v) is 2.97. The van der Waals surface area contributed by atoms with Gasteiger partial charge in [0, 0.05) is 16.5 Å². The van der Waals surface area contributed by atoms with Crippen molar-refractivity contribution in [2.24, 2.45) is 5.92 Å². The Hall–Kier alpha value is -2.01. The van der Waals surface area contributed by atoms with Crippen LogP contribution in [0.1, 0.15) is 29.8 Å². The van der Waals surface area contributed by atoms with E-state index in [2.05, 4.69) is 5.32 Å². The van der Waals surface area contributed by atoms with Crippen molar-refractivity contribution < 1.29 is 19.1 Å². The minimum atomic E-state index is -0.866. The summed E-state index contributed by atoms with van der Waals surface area (Å²) in [6.45, 7) is 0. The number of fused-ring (bicyclic) bond motifs is 1. The molecule has 0 radical (unpaired) electrons. The van der Waals surface area contributed by atoms with E-state index >= 15 is 0 Å². The Kier molecular flexibility index (Phi) is 3.59. The third-order valence-electron chi connectivity index (χ3n) is 3.85. The van der Waals surface area contributed by atoms with Gasteiger partial charge < -0.3 is 14.8 Å². The predicted octanol–water partition coefficient (Wildman–Crippen LogP) is 3.07. The van der Waals surface area contributed by atoms with Gasteiger partial charge in [-0.3, -0.25) is 9.59 Å². The van der Waals surface area contributed by atoms with Gasteiger partial charge in [-0.15, -0.1) is 0 Å². The van der Waals surface area contributed by atoms with Gasteiger partial charge in [-0.1, -0.05) is 18.0 Å². The molecule has 21 heavy (non-hydrogen) atoms. The van der Waals surface area contributed by atoms with Crippen LogP contribution in [0.3, 0.4) is 0 Å². The third-order valence-corrected chi connectivity index (χ3v) is 4.09. The van der Waals surface area contributed by atoms with Gasteiger partial charge in [-0.2, -0.15) is 0 Å². The van der Waals surface area contributed by atoms with Gasteiger partial charge in [0.05, 0.1) is 5.92 Å². The Morgan fingerprint density at radius 3 is 2.86 bits per heavy atom. The highest BCUT2D eigenvalue weighted by Gasteiger charge is 2.34. The lowest BCUT2D eigenvalue weighted by atomic mass is 10.0. The lowest BCUT2D eigenvalue weighted by Crippen LogP contribution is -2.40. The minimum absolute atomic E-state index is 0.170. The van der Waals surface area contributed by atoms with Crippen LogP contribution in [0.4, 0.5) is 0 Å². The molecule has 1 heterocycles. The lowest BCUT2D eigenvalue weighted by molar-refractivity contribution is -0.142. The topological polar surface area (TPSA) is 79.5 Å². The maximum Gasteiger partial charge on any atom is 0.308 e. The van der Waals surface area contributed by atoms with Crippen molar-refractivity contribution in [3.05, 3.63) is 35.0 Å². The monoisotopic (exact) mass is 307 g/mol. The van der Waals surface area contributed by atoms with Crippen LogP contribution in [0.25, 0.3) is 11.0 Å². The summed E-state index contributed by atoms with van der Waals surface area (Å²) in [5, 5.41) is 13.2. The SMILES string of the molecule is O=C(N[C@H]1CCC[C@H]1C(=O)O)c1cc2cc(Cl)ccc2o1.